The van der Waals surface area contributed by atoms with Gasteiger partial charge in [-0.15, -0.1) is 6.58 Å². The van der Waals surface area contributed by atoms with Gasteiger partial charge in [0.25, 0.3) is 0 Å². The normalized spacial score (nSPS) is 14.3. The lowest BCUT2D eigenvalue weighted by atomic mass is 9.85. The minimum Gasteiger partial charge on any atom is -0.170 e. The number of hydrogen-bond donors (Lipinski definition) is 0. The van der Waals surface area contributed by atoms with Gasteiger partial charge in [0, 0.05) is 0 Å². The minimum absolute atomic E-state index is 0.0509. The first kappa shape index (κ1) is 14.8. The van der Waals surface area contributed by atoms with Crippen LogP contribution in [0, 0.1) is 0 Å². The molecule has 0 heterocycles. The van der Waals surface area contributed by atoms with Crippen LogP contribution in [0.25, 0.3) is 0 Å². The molecule has 0 nitrogen and oxygen atoms in total. The summed E-state index contributed by atoms with van der Waals surface area (Å²) in [6.45, 7) is 9.50. The SMILES string of the molecule is C=CCC(c1ccc(C(C)(C)C)cc1)C(F)(F)F. The molecule has 0 bridgehead atoms. The number of hydrogen-bond acceptors (Lipinski definition) is 0. The second kappa shape index (κ2) is 5.17. The molecule has 1 aromatic rings. The largest absolute Gasteiger partial charge is 0.396 e. The summed E-state index contributed by atoms with van der Waals surface area (Å²) in [7, 11) is 0. The first-order chi connectivity index (χ1) is 8.16. The summed E-state index contributed by atoms with van der Waals surface area (Å²) < 4.78 is 38.6. The first-order valence-corrected chi connectivity index (χ1v) is 5.94. The maximum Gasteiger partial charge on any atom is 0.396 e. The molecule has 0 N–H and O–H groups in total. The molecule has 100 valence electrons. The fraction of sp³-hybridized carbons (Fsp3) is 0.467. The molecule has 1 aromatic carbocycles. The van der Waals surface area contributed by atoms with Gasteiger partial charge >= 0.3 is 6.18 Å². The second-order valence-corrected chi connectivity index (χ2v) is 5.49. The Balaban J connectivity index is 3.05. The molecule has 0 aliphatic heterocycles. The van der Waals surface area contributed by atoms with E-state index in [0.717, 1.165) is 5.56 Å². The van der Waals surface area contributed by atoms with Gasteiger partial charge in [0.2, 0.25) is 0 Å². The van der Waals surface area contributed by atoms with E-state index >= 15 is 0 Å². The molecule has 0 aromatic heterocycles. The van der Waals surface area contributed by atoms with E-state index in [1.165, 1.54) is 6.08 Å². The molecule has 1 unspecified atom stereocenters. The summed E-state index contributed by atoms with van der Waals surface area (Å²) >= 11 is 0. The molecule has 0 saturated carbocycles. The van der Waals surface area contributed by atoms with Gasteiger partial charge in [-0.2, -0.15) is 13.2 Å². The number of rotatable bonds is 3. The summed E-state index contributed by atoms with van der Waals surface area (Å²) in [6, 6.07) is 6.69. The zero-order valence-electron chi connectivity index (χ0n) is 11.0. The Kier molecular flexibility index (Phi) is 4.25. The first-order valence-electron chi connectivity index (χ1n) is 5.94. The summed E-state index contributed by atoms with van der Waals surface area (Å²) in [5.74, 6) is -1.45. The molecule has 0 amide bonds. The zero-order chi connectivity index (χ0) is 14.0. The third kappa shape index (κ3) is 3.62. The lowest BCUT2D eigenvalue weighted by Gasteiger charge is -2.22. The highest BCUT2D eigenvalue weighted by Crippen LogP contribution is 2.38. The van der Waals surface area contributed by atoms with Gasteiger partial charge in [-0.1, -0.05) is 51.1 Å². The standard InChI is InChI=1S/C15H19F3/c1-5-6-13(15(16,17)18)11-7-9-12(10-8-11)14(2,3)4/h5,7-10,13H,1,6H2,2-4H3. The van der Waals surface area contributed by atoms with Crippen molar-refractivity contribution < 1.29 is 13.2 Å². The Morgan fingerprint density at radius 1 is 1.11 bits per heavy atom. The lowest BCUT2D eigenvalue weighted by molar-refractivity contribution is -0.149. The average molecular weight is 256 g/mol. The van der Waals surface area contributed by atoms with E-state index in [9.17, 15) is 13.2 Å². The Morgan fingerprint density at radius 3 is 1.94 bits per heavy atom. The second-order valence-electron chi connectivity index (χ2n) is 5.49. The molecule has 0 aliphatic carbocycles. The van der Waals surface area contributed by atoms with E-state index in [1.54, 1.807) is 24.3 Å². The van der Waals surface area contributed by atoms with E-state index in [4.69, 9.17) is 0 Å². The fourth-order valence-electron chi connectivity index (χ4n) is 1.84. The van der Waals surface area contributed by atoms with Crippen molar-refractivity contribution in [1.29, 1.82) is 0 Å². The molecular formula is C15H19F3. The molecule has 3 heteroatoms. The van der Waals surface area contributed by atoms with Crippen molar-refractivity contribution in [2.24, 2.45) is 0 Å². The van der Waals surface area contributed by atoms with Gasteiger partial charge in [0.15, 0.2) is 0 Å². The molecular weight excluding hydrogens is 237 g/mol. The van der Waals surface area contributed by atoms with E-state index in [2.05, 4.69) is 6.58 Å². The van der Waals surface area contributed by atoms with Crippen molar-refractivity contribution in [3.8, 4) is 0 Å². The average Bonchev–Trinajstić information content (AvgIpc) is 2.23. The lowest BCUT2D eigenvalue weighted by Crippen LogP contribution is -2.20. The summed E-state index contributed by atoms with van der Waals surface area (Å²) in [6.07, 6.45) is -2.99. The van der Waals surface area contributed by atoms with Crippen LogP contribution >= 0.6 is 0 Å². The highest BCUT2D eigenvalue weighted by atomic mass is 19.4. The van der Waals surface area contributed by atoms with Crippen LogP contribution in [-0.2, 0) is 5.41 Å². The van der Waals surface area contributed by atoms with Crippen LogP contribution in [0.15, 0.2) is 36.9 Å². The maximum atomic E-state index is 12.9. The molecule has 0 aliphatic rings. The molecule has 18 heavy (non-hydrogen) atoms. The Bertz CT molecular complexity index is 393. The minimum atomic E-state index is -4.22. The number of alkyl halides is 3. The Morgan fingerprint density at radius 2 is 1.61 bits per heavy atom. The van der Waals surface area contributed by atoms with E-state index in [0.29, 0.717) is 5.56 Å². The Hall–Kier alpha value is -1.25. The zero-order valence-corrected chi connectivity index (χ0v) is 11.0. The van der Waals surface area contributed by atoms with Crippen molar-refractivity contribution in [1.82, 2.24) is 0 Å². The summed E-state index contributed by atoms with van der Waals surface area (Å²) in [5, 5.41) is 0. The maximum absolute atomic E-state index is 12.9. The molecule has 0 fully saturated rings. The molecule has 0 radical (unpaired) electrons. The molecule has 0 spiro atoms. The highest BCUT2D eigenvalue weighted by Gasteiger charge is 2.39. The van der Waals surface area contributed by atoms with Gasteiger partial charge in [-0.05, 0) is 23.0 Å². The molecule has 0 saturated heterocycles. The van der Waals surface area contributed by atoms with Crippen LogP contribution in [0.2, 0.25) is 0 Å². The molecule has 1 rings (SSSR count). The Labute approximate surface area is 107 Å². The van der Waals surface area contributed by atoms with Gasteiger partial charge < -0.3 is 0 Å². The van der Waals surface area contributed by atoms with Crippen LogP contribution < -0.4 is 0 Å². The van der Waals surface area contributed by atoms with Crippen LogP contribution in [0.4, 0.5) is 13.2 Å². The monoisotopic (exact) mass is 256 g/mol. The summed E-state index contributed by atoms with van der Waals surface area (Å²) in [5.41, 5.74) is 1.28. The van der Waals surface area contributed by atoms with E-state index < -0.39 is 12.1 Å². The third-order valence-electron chi connectivity index (χ3n) is 2.98. The summed E-state index contributed by atoms with van der Waals surface area (Å²) in [4.78, 5) is 0. The van der Waals surface area contributed by atoms with Crippen molar-refractivity contribution in [3.05, 3.63) is 48.0 Å². The predicted molar refractivity (Wildman–Crippen MR) is 68.8 cm³/mol. The van der Waals surface area contributed by atoms with E-state index in [-0.39, 0.29) is 11.8 Å². The number of halogens is 3. The highest BCUT2D eigenvalue weighted by molar-refractivity contribution is 5.30. The van der Waals surface area contributed by atoms with Crippen molar-refractivity contribution in [2.75, 3.05) is 0 Å². The van der Waals surface area contributed by atoms with Gasteiger partial charge in [0.1, 0.15) is 0 Å². The van der Waals surface area contributed by atoms with E-state index in [1.807, 2.05) is 20.8 Å². The van der Waals surface area contributed by atoms with Crippen LogP contribution in [0.1, 0.15) is 44.2 Å². The topological polar surface area (TPSA) is 0 Å². The van der Waals surface area contributed by atoms with Gasteiger partial charge in [0.05, 0.1) is 5.92 Å². The predicted octanol–water partition coefficient (Wildman–Crippen LogP) is 5.21. The van der Waals surface area contributed by atoms with Gasteiger partial charge in [-0.25, -0.2) is 0 Å². The smallest absolute Gasteiger partial charge is 0.170 e. The fourth-order valence-corrected chi connectivity index (χ4v) is 1.84. The van der Waals surface area contributed by atoms with Crippen LogP contribution in [0.5, 0.6) is 0 Å². The number of benzene rings is 1. The van der Waals surface area contributed by atoms with Crippen LogP contribution in [-0.4, -0.2) is 6.18 Å². The van der Waals surface area contributed by atoms with Gasteiger partial charge in [-0.3, -0.25) is 0 Å². The van der Waals surface area contributed by atoms with Crippen molar-refractivity contribution in [3.63, 3.8) is 0 Å². The van der Waals surface area contributed by atoms with Crippen molar-refractivity contribution >= 4 is 0 Å². The molecule has 1 atom stereocenters. The van der Waals surface area contributed by atoms with Crippen molar-refractivity contribution in [2.45, 2.75) is 44.7 Å². The number of allylic oxidation sites excluding steroid dienone is 1. The quantitative estimate of drug-likeness (QED) is 0.651. The van der Waals surface area contributed by atoms with Crippen LogP contribution in [0.3, 0.4) is 0 Å². The third-order valence-corrected chi connectivity index (χ3v) is 2.98.